The largest absolute Gasteiger partial charge is 0.487 e. The average molecular weight is 481 g/mol. The van der Waals surface area contributed by atoms with Gasteiger partial charge in [-0.25, -0.2) is 13.5 Å². The number of aromatic nitrogens is 2. The Balaban J connectivity index is 1.68. The first-order valence-electron chi connectivity index (χ1n) is 9.57. The molecule has 1 N–H and O–H groups in total. The van der Waals surface area contributed by atoms with Gasteiger partial charge < -0.3 is 14.8 Å². The number of benzene rings is 2. The smallest absolute Gasteiger partial charge is 0.276 e. The number of hydrogen-bond donors (Lipinski definition) is 1. The van der Waals surface area contributed by atoms with E-state index in [9.17, 15) is 23.7 Å². The third-order valence-electron chi connectivity index (χ3n) is 4.38. The van der Waals surface area contributed by atoms with Crippen molar-refractivity contribution in [1.82, 2.24) is 9.78 Å². The molecule has 0 saturated carbocycles. The highest BCUT2D eigenvalue weighted by atomic mass is 35.5. The molecule has 0 aliphatic carbocycles. The van der Waals surface area contributed by atoms with Crippen molar-refractivity contribution in [2.45, 2.75) is 27.0 Å². The Morgan fingerprint density at radius 3 is 2.48 bits per heavy atom. The van der Waals surface area contributed by atoms with Gasteiger partial charge in [0.25, 0.3) is 18.0 Å². The molecule has 0 unspecified atom stereocenters. The third-order valence-corrected chi connectivity index (χ3v) is 4.98. The summed E-state index contributed by atoms with van der Waals surface area (Å²) in [6.07, 6.45) is -1.23. The second-order valence-electron chi connectivity index (χ2n) is 7.01. The molecule has 1 aromatic heterocycles. The highest BCUT2D eigenvalue weighted by Gasteiger charge is 2.16. The van der Waals surface area contributed by atoms with Crippen LogP contribution < -0.4 is 14.8 Å². The topological polar surface area (TPSA) is 109 Å². The van der Waals surface area contributed by atoms with Crippen LogP contribution in [0.1, 0.15) is 21.6 Å². The zero-order valence-corrected chi connectivity index (χ0v) is 18.3. The summed E-state index contributed by atoms with van der Waals surface area (Å²) in [5, 5.41) is 18.3. The fourth-order valence-electron chi connectivity index (χ4n) is 2.88. The number of nitrogens with one attached hydrogen (secondary N) is 1. The molecule has 3 aromatic rings. The van der Waals surface area contributed by atoms with E-state index in [1.165, 1.54) is 23.0 Å². The number of ether oxygens (including phenoxy) is 2. The van der Waals surface area contributed by atoms with E-state index in [2.05, 4.69) is 10.4 Å². The fourth-order valence-corrected chi connectivity index (χ4v) is 2.99. The van der Waals surface area contributed by atoms with E-state index >= 15 is 0 Å². The van der Waals surface area contributed by atoms with Gasteiger partial charge in [0.1, 0.15) is 18.1 Å². The quantitative estimate of drug-likeness (QED) is 0.341. The lowest BCUT2D eigenvalue weighted by atomic mass is 10.1. The molecule has 0 aliphatic rings. The summed E-state index contributed by atoms with van der Waals surface area (Å²) in [6, 6.07) is 8.27. The van der Waals surface area contributed by atoms with Crippen LogP contribution in [0.15, 0.2) is 42.6 Å². The van der Waals surface area contributed by atoms with E-state index in [-0.39, 0.29) is 23.9 Å². The van der Waals surface area contributed by atoms with Crippen molar-refractivity contribution in [3.8, 4) is 11.5 Å². The summed E-state index contributed by atoms with van der Waals surface area (Å²) in [7, 11) is 0. The molecule has 0 fully saturated rings. The van der Waals surface area contributed by atoms with Crippen molar-refractivity contribution >= 4 is 28.9 Å². The number of nitro groups is 1. The van der Waals surface area contributed by atoms with E-state index in [1.54, 1.807) is 12.1 Å². The van der Waals surface area contributed by atoms with Gasteiger partial charge in [0.15, 0.2) is 12.4 Å². The predicted octanol–water partition coefficient (Wildman–Crippen LogP) is 4.99. The number of hydrogen-bond acceptors (Lipinski definition) is 6. The van der Waals surface area contributed by atoms with Gasteiger partial charge in [-0.05, 0) is 43.2 Å². The number of halogens is 3. The highest BCUT2D eigenvalue weighted by molar-refractivity contribution is 6.32. The van der Waals surface area contributed by atoms with Gasteiger partial charge in [-0.1, -0.05) is 11.6 Å². The molecule has 1 heterocycles. The molecule has 0 atom stereocenters. The number of rotatable bonds is 9. The number of nitro benzene ring substituents is 1. The molecule has 1 amide bonds. The van der Waals surface area contributed by atoms with Gasteiger partial charge in [0.05, 0.1) is 16.7 Å². The molecular formula is C21H19ClF2N4O5. The first-order valence-corrected chi connectivity index (χ1v) is 9.95. The lowest BCUT2D eigenvalue weighted by molar-refractivity contribution is -0.384. The Hall–Kier alpha value is -3.73. The monoisotopic (exact) mass is 480 g/mol. The Labute approximate surface area is 192 Å². The first-order chi connectivity index (χ1) is 15.6. The molecule has 174 valence electrons. The molecular weight excluding hydrogens is 462 g/mol. The molecule has 0 saturated heterocycles. The van der Waals surface area contributed by atoms with Crippen molar-refractivity contribution < 1.29 is 28.0 Å². The van der Waals surface area contributed by atoms with Gasteiger partial charge in [0, 0.05) is 23.4 Å². The van der Waals surface area contributed by atoms with Crippen LogP contribution >= 0.6 is 11.6 Å². The van der Waals surface area contributed by atoms with Gasteiger partial charge in [-0.3, -0.25) is 14.9 Å². The zero-order valence-electron chi connectivity index (χ0n) is 17.5. The standard InChI is InChI=1S/C21H19ClF2N4O5/c1-12-5-16(6-13(2)20(12)22)33-11-27-4-3-18(26-27)21(29)25-14-7-15(28(30)31)9-17(8-14)32-10-19(23)24/h3-9,19H,10-11H2,1-2H3,(H,25,29). The third kappa shape index (κ3) is 6.39. The Kier molecular flexibility index (Phi) is 7.44. The van der Waals surface area contributed by atoms with Crippen LogP contribution in [0.5, 0.6) is 11.5 Å². The second kappa shape index (κ2) is 10.3. The van der Waals surface area contributed by atoms with Crippen LogP contribution in [0.3, 0.4) is 0 Å². The summed E-state index contributed by atoms with van der Waals surface area (Å²) >= 11 is 6.14. The molecule has 0 bridgehead atoms. The van der Waals surface area contributed by atoms with E-state index in [0.717, 1.165) is 23.3 Å². The minimum atomic E-state index is -2.76. The molecule has 33 heavy (non-hydrogen) atoms. The lowest BCUT2D eigenvalue weighted by Crippen LogP contribution is -2.15. The lowest BCUT2D eigenvalue weighted by Gasteiger charge is -2.10. The summed E-state index contributed by atoms with van der Waals surface area (Å²) in [5.41, 5.74) is 1.31. The van der Waals surface area contributed by atoms with Crippen LogP contribution in [0, 0.1) is 24.0 Å². The van der Waals surface area contributed by atoms with Gasteiger partial charge in [-0.15, -0.1) is 0 Å². The van der Waals surface area contributed by atoms with Crippen LogP contribution in [0.2, 0.25) is 5.02 Å². The van der Waals surface area contributed by atoms with Crippen LogP contribution in [0.4, 0.5) is 20.2 Å². The Bertz CT molecular complexity index is 1160. The van der Waals surface area contributed by atoms with Crippen LogP contribution in [-0.4, -0.2) is 33.6 Å². The Morgan fingerprint density at radius 2 is 1.85 bits per heavy atom. The summed E-state index contributed by atoms with van der Waals surface area (Å²) in [5.74, 6) is -0.247. The van der Waals surface area contributed by atoms with Crippen molar-refractivity contribution in [3.05, 3.63) is 74.6 Å². The molecule has 0 spiro atoms. The molecule has 0 radical (unpaired) electrons. The maximum absolute atomic E-state index is 12.5. The zero-order chi connectivity index (χ0) is 24.1. The van der Waals surface area contributed by atoms with E-state index in [4.69, 9.17) is 21.1 Å². The summed E-state index contributed by atoms with van der Waals surface area (Å²) < 4.78 is 36.7. The average Bonchev–Trinajstić information content (AvgIpc) is 3.23. The number of nitrogens with zero attached hydrogens (tertiary/aromatic N) is 3. The van der Waals surface area contributed by atoms with Crippen molar-refractivity contribution in [2.75, 3.05) is 11.9 Å². The molecule has 0 aliphatic heterocycles. The summed E-state index contributed by atoms with van der Waals surface area (Å²) in [4.78, 5) is 22.9. The normalized spacial score (nSPS) is 10.8. The van der Waals surface area contributed by atoms with E-state index in [1.807, 2.05) is 13.8 Å². The van der Waals surface area contributed by atoms with Gasteiger partial charge in [-0.2, -0.15) is 5.10 Å². The number of carbonyl (C=O) groups excluding carboxylic acids is 1. The van der Waals surface area contributed by atoms with E-state index in [0.29, 0.717) is 10.8 Å². The van der Waals surface area contributed by atoms with Crippen molar-refractivity contribution in [2.24, 2.45) is 0 Å². The number of amides is 1. The molecule has 9 nitrogen and oxygen atoms in total. The molecule has 3 rings (SSSR count). The first kappa shape index (κ1) is 23.9. The number of alkyl halides is 2. The van der Waals surface area contributed by atoms with Crippen molar-refractivity contribution in [3.63, 3.8) is 0 Å². The maximum atomic E-state index is 12.5. The molecule has 2 aromatic carbocycles. The predicted molar refractivity (Wildman–Crippen MR) is 116 cm³/mol. The second-order valence-corrected chi connectivity index (χ2v) is 7.39. The van der Waals surface area contributed by atoms with Gasteiger partial charge >= 0.3 is 0 Å². The van der Waals surface area contributed by atoms with Crippen LogP contribution in [0.25, 0.3) is 0 Å². The van der Waals surface area contributed by atoms with Crippen molar-refractivity contribution in [1.29, 1.82) is 0 Å². The highest BCUT2D eigenvalue weighted by Crippen LogP contribution is 2.27. The number of aryl methyl sites for hydroxylation is 2. The summed E-state index contributed by atoms with van der Waals surface area (Å²) in [6.45, 7) is 2.80. The fraction of sp³-hybridized carbons (Fsp3) is 0.238. The maximum Gasteiger partial charge on any atom is 0.276 e. The van der Waals surface area contributed by atoms with Crippen LogP contribution in [-0.2, 0) is 6.73 Å². The SMILES string of the molecule is Cc1cc(OCn2ccc(C(=O)Nc3cc(OCC(F)F)cc([N+](=O)[O-])c3)n2)cc(C)c1Cl. The van der Waals surface area contributed by atoms with E-state index < -0.39 is 29.6 Å². The minimum Gasteiger partial charge on any atom is -0.487 e. The Morgan fingerprint density at radius 1 is 1.18 bits per heavy atom. The number of non-ortho nitro benzene ring substituents is 1. The molecule has 12 heteroatoms. The number of anilines is 1. The van der Waals surface area contributed by atoms with Gasteiger partial charge in [0.2, 0.25) is 0 Å². The minimum absolute atomic E-state index is 0.00335. The number of carbonyl (C=O) groups is 1.